The zero-order valence-electron chi connectivity index (χ0n) is 11.3. The van der Waals surface area contributed by atoms with Crippen LogP contribution in [0.15, 0.2) is 22.7 Å². The number of aliphatic carboxylic acids is 1. The van der Waals surface area contributed by atoms with E-state index in [9.17, 15) is 4.79 Å². The van der Waals surface area contributed by atoms with Gasteiger partial charge in [0.05, 0.1) is 6.54 Å². The normalized spacial score (nSPS) is 11.9. The Morgan fingerprint density at radius 1 is 1.39 bits per heavy atom. The lowest BCUT2D eigenvalue weighted by atomic mass is 10.0. The van der Waals surface area contributed by atoms with E-state index >= 15 is 0 Å². The summed E-state index contributed by atoms with van der Waals surface area (Å²) in [5.41, 5.74) is 2.12. The molecule has 1 N–H and O–H groups in total. The Balaban J connectivity index is 2.89. The third kappa shape index (κ3) is 4.42. The first-order chi connectivity index (χ1) is 8.20. The molecule has 0 atom stereocenters. The molecule has 0 amide bonds. The van der Waals surface area contributed by atoms with Crippen LogP contribution < -0.4 is 0 Å². The first-order valence-electron chi connectivity index (χ1n) is 5.92. The van der Waals surface area contributed by atoms with Gasteiger partial charge in [-0.1, -0.05) is 28.1 Å². The van der Waals surface area contributed by atoms with E-state index < -0.39 is 5.97 Å². The summed E-state index contributed by atoms with van der Waals surface area (Å²) < 4.78 is 1.06. The molecule has 1 aromatic rings. The molecule has 0 saturated heterocycles. The molecule has 0 bridgehead atoms. The average molecular weight is 314 g/mol. The molecule has 1 aromatic carbocycles. The van der Waals surface area contributed by atoms with Gasteiger partial charge in [0.1, 0.15) is 0 Å². The van der Waals surface area contributed by atoms with Crippen LogP contribution in [-0.2, 0) is 11.3 Å². The molecule has 0 aliphatic rings. The quantitative estimate of drug-likeness (QED) is 0.925. The van der Waals surface area contributed by atoms with E-state index in [2.05, 4.69) is 22.0 Å². The maximum Gasteiger partial charge on any atom is 0.317 e. The molecule has 0 aliphatic heterocycles. The number of carboxylic acids is 1. The van der Waals surface area contributed by atoms with Gasteiger partial charge in [-0.05, 0) is 44.9 Å². The van der Waals surface area contributed by atoms with Crippen molar-refractivity contribution in [1.82, 2.24) is 4.90 Å². The number of hydrogen-bond donors (Lipinski definition) is 1. The highest BCUT2D eigenvalue weighted by Crippen LogP contribution is 2.21. The summed E-state index contributed by atoms with van der Waals surface area (Å²) in [6.45, 7) is 8.80. The highest BCUT2D eigenvalue weighted by atomic mass is 79.9. The van der Waals surface area contributed by atoms with Gasteiger partial charge in [-0.25, -0.2) is 0 Å². The van der Waals surface area contributed by atoms with E-state index in [4.69, 9.17) is 5.11 Å². The monoisotopic (exact) mass is 313 g/mol. The Morgan fingerprint density at radius 3 is 2.44 bits per heavy atom. The lowest BCUT2D eigenvalue weighted by Gasteiger charge is -2.34. The number of halogens is 1. The topological polar surface area (TPSA) is 40.5 Å². The number of carboxylic acid groups (broad SMARTS) is 1. The Morgan fingerprint density at radius 2 is 2.00 bits per heavy atom. The van der Waals surface area contributed by atoms with Gasteiger partial charge >= 0.3 is 5.97 Å². The van der Waals surface area contributed by atoms with Gasteiger partial charge in [0.25, 0.3) is 0 Å². The van der Waals surface area contributed by atoms with Gasteiger partial charge in [0.15, 0.2) is 0 Å². The summed E-state index contributed by atoms with van der Waals surface area (Å²) in [5, 5.41) is 8.97. The summed E-state index contributed by atoms with van der Waals surface area (Å²) in [7, 11) is 0. The molecule has 0 radical (unpaired) electrons. The molecule has 0 unspecified atom stereocenters. The van der Waals surface area contributed by atoms with E-state index in [1.165, 1.54) is 5.56 Å². The minimum absolute atomic E-state index is 0.0506. The molecule has 0 heterocycles. The summed E-state index contributed by atoms with van der Waals surface area (Å²) >= 11 is 3.50. The maximum atomic E-state index is 10.9. The van der Waals surface area contributed by atoms with Crippen molar-refractivity contribution in [3.05, 3.63) is 33.8 Å². The Labute approximate surface area is 117 Å². The van der Waals surface area contributed by atoms with Crippen molar-refractivity contribution in [1.29, 1.82) is 0 Å². The fourth-order valence-corrected chi connectivity index (χ4v) is 2.07. The van der Waals surface area contributed by atoms with Crippen LogP contribution in [0.5, 0.6) is 0 Å². The number of nitrogens with zero attached hydrogens (tertiary/aromatic N) is 1. The Hall–Kier alpha value is -0.870. The minimum Gasteiger partial charge on any atom is -0.480 e. The van der Waals surface area contributed by atoms with E-state index in [0.29, 0.717) is 6.54 Å². The van der Waals surface area contributed by atoms with Gasteiger partial charge in [-0.3, -0.25) is 9.69 Å². The molecule has 0 saturated carbocycles. The van der Waals surface area contributed by atoms with Crippen molar-refractivity contribution in [3.63, 3.8) is 0 Å². The van der Waals surface area contributed by atoms with Crippen molar-refractivity contribution in [2.75, 3.05) is 6.54 Å². The predicted octanol–water partition coefficient (Wildman–Crippen LogP) is 3.44. The van der Waals surface area contributed by atoms with Crippen LogP contribution >= 0.6 is 15.9 Å². The van der Waals surface area contributed by atoms with E-state index in [0.717, 1.165) is 10.0 Å². The molecule has 4 heteroatoms. The lowest BCUT2D eigenvalue weighted by molar-refractivity contribution is -0.139. The minimum atomic E-state index is -0.795. The highest BCUT2D eigenvalue weighted by molar-refractivity contribution is 9.10. The van der Waals surface area contributed by atoms with Crippen LogP contribution in [0.2, 0.25) is 0 Å². The second-order valence-electron chi connectivity index (χ2n) is 5.50. The smallest absolute Gasteiger partial charge is 0.317 e. The predicted molar refractivity (Wildman–Crippen MR) is 76.7 cm³/mol. The van der Waals surface area contributed by atoms with Crippen LogP contribution in [0.1, 0.15) is 31.9 Å². The van der Waals surface area contributed by atoms with Gasteiger partial charge in [0, 0.05) is 16.6 Å². The molecular weight excluding hydrogens is 294 g/mol. The zero-order chi connectivity index (χ0) is 13.9. The Kier molecular flexibility index (Phi) is 4.93. The summed E-state index contributed by atoms with van der Waals surface area (Å²) in [6.07, 6.45) is 0. The molecule has 100 valence electrons. The molecule has 0 aliphatic carbocycles. The fourth-order valence-electron chi connectivity index (χ4n) is 1.65. The second-order valence-corrected chi connectivity index (χ2v) is 6.36. The molecule has 0 aromatic heterocycles. The number of carbonyl (C=O) groups is 1. The van der Waals surface area contributed by atoms with Crippen molar-refractivity contribution >= 4 is 21.9 Å². The van der Waals surface area contributed by atoms with Crippen molar-refractivity contribution in [2.24, 2.45) is 0 Å². The molecule has 0 spiro atoms. The number of hydrogen-bond acceptors (Lipinski definition) is 2. The Bertz CT molecular complexity index is 438. The molecule has 0 fully saturated rings. The molecule has 1 rings (SSSR count). The lowest BCUT2D eigenvalue weighted by Crippen LogP contribution is -2.43. The number of benzene rings is 1. The standard InChI is InChI=1S/C14H20BrNO2/c1-10-5-6-11(7-12(10)15)8-16(9-13(17)18)14(2,3)4/h5-7H,8-9H2,1-4H3,(H,17,18). The van der Waals surface area contributed by atoms with Crippen molar-refractivity contribution in [3.8, 4) is 0 Å². The fraction of sp³-hybridized carbons (Fsp3) is 0.500. The van der Waals surface area contributed by atoms with Crippen molar-refractivity contribution in [2.45, 2.75) is 39.8 Å². The van der Waals surface area contributed by atoms with Gasteiger partial charge in [-0.15, -0.1) is 0 Å². The van der Waals surface area contributed by atoms with Crippen LogP contribution in [0.3, 0.4) is 0 Å². The average Bonchev–Trinajstić information content (AvgIpc) is 2.20. The SMILES string of the molecule is Cc1ccc(CN(CC(=O)O)C(C)(C)C)cc1Br. The summed E-state index contributed by atoms with van der Waals surface area (Å²) in [6, 6.07) is 6.14. The number of aryl methyl sites for hydroxylation is 1. The summed E-state index contributed by atoms with van der Waals surface area (Å²) in [4.78, 5) is 12.9. The second kappa shape index (κ2) is 5.85. The largest absolute Gasteiger partial charge is 0.480 e. The number of rotatable bonds is 4. The third-order valence-corrected chi connectivity index (χ3v) is 3.74. The van der Waals surface area contributed by atoms with Crippen LogP contribution in [0, 0.1) is 6.92 Å². The molecule has 18 heavy (non-hydrogen) atoms. The van der Waals surface area contributed by atoms with Gasteiger partial charge < -0.3 is 5.11 Å². The third-order valence-electron chi connectivity index (χ3n) is 2.88. The van der Waals surface area contributed by atoms with E-state index in [1.54, 1.807) is 0 Å². The van der Waals surface area contributed by atoms with Crippen LogP contribution in [-0.4, -0.2) is 28.1 Å². The van der Waals surface area contributed by atoms with Crippen LogP contribution in [0.25, 0.3) is 0 Å². The maximum absolute atomic E-state index is 10.9. The van der Waals surface area contributed by atoms with Crippen LogP contribution in [0.4, 0.5) is 0 Å². The molecular formula is C14H20BrNO2. The highest BCUT2D eigenvalue weighted by Gasteiger charge is 2.23. The first kappa shape index (κ1) is 15.2. The van der Waals surface area contributed by atoms with Crippen molar-refractivity contribution < 1.29 is 9.90 Å². The van der Waals surface area contributed by atoms with Gasteiger partial charge in [-0.2, -0.15) is 0 Å². The van der Waals surface area contributed by atoms with E-state index in [1.807, 2.05) is 44.7 Å². The van der Waals surface area contributed by atoms with Gasteiger partial charge in [0.2, 0.25) is 0 Å². The first-order valence-corrected chi connectivity index (χ1v) is 6.71. The molecule has 3 nitrogen and oxygen atoms in total. The van der Waals surface area contributed by atoms with E-state index in [-0.39, 0.29) is 12.1 Å². The zero-order valence-corrected chi connectivity index (χ0v) is 12.9. The summed E-state index contributed by atoms with van der Waals surface area (Å²) in [5.74, 6) is -0.795.